The lowest BCUT2D eigenvalue weighted by Gasteiger charge is -2.42. The first kappa shape index (κ1) is 18.7. The largest absolute Gasteiger partial charge is 0.480 e. The predicted molar refractivity (Wildman–Crippen MR) is 103 cm³/mol. The zero-order chi connectivity index (χ0) is 19.7. The lowest BCUT2D eigenvalue weighted by molar-refractivity contribution is -0.139. The van der Waals surface area contributed by atoms with E-state index < -0.39 is 5.97 Å². The van der Waals surface area contributed by atoms with E-state index in [1.54, 1.807) is 24.5 Å². The third-order valence-electron chi connectivity index (χ3n) is 5.60. The molecule has 0 radical (unpaired) electrons. The van der Waals surface area contributed by atoms with Crippen molar-refractivity contribution < 1.29 is 19.1 Å². The summed E-state index contributed by atoms with van der Waals surface area (Å²) >= 11 is 0. The summed E-state index contributed by atoms with van der Waals surface area (Å²) in [6.45, 7) is 2.75. The number of aryl methyl sites for hydroxylation is 1. The van der Waals surface area contributed by atoms with Crippen molar-refractivity contribution in [2.75, 3.05) is 13.1 Å². The van der Waals surface area contributed by atoms with Crippen LogP contribution in [0.1, 0.15) is 41.7 Å². The molecular weight excluding hydrogens is 358 g/mol. The van der Waals surface area contributed by atoms with Crippen LogP contribution in [0, 0.1) is 12.8 Å². The minimum Gasteiger partial charge on any atom is -0.480 e. The van der Waals surface area contributed by atoms with Crippen molar-refractivity contribution in [1.29, 1.82) is 0 Å². The Balaban J connectivity index is 1.33. The maximum atomic E-state index is 12.6. The fourth-order valence-corrected chi connectivity index (χ4v) is 3.78. The average Bonchev–Trinajstić information content (AvgIpc) is 3.25. The summed E-state index contributed by atoms with van der Waals surface area (Å²) < 4.78 is 5.35. The van der Waals surface area contributed by atoms with E-state index in [-0.39, 0.29) is 24.5 Å². The van der Waals surface area contributed by atoms with E-state index >= 15 is 0 Å². The lowest BCUT2D eigenvalue weighted by Crippen LogP contribution is -2.55. The summed E-state index contributed by atoms with van der Waals surface area (Å²) in [5.74, 6) is 0.401. The van der Waals surface area contributed by atoms with E-state index in [0.717, 1.165) is 19.4 Å². The molecule has 0 aromatic carbocycles. The molecule has 2 N–H and O–H groups in total. The highest BCUT2D eigenvalue weighted by atomic mass is 16.4. The van der Waals surface area contributed by atoms with Crippen molar-refractivity contribution in [3.05, 3.63) is 41.8 Å². The zero-order valence-corrected chi connectivity index (χ0v) is 15.9. The van der Waals surface area contributed by atoms with E-state index in [1.807, 2.05) is 13.0 Å². The highest BCUT2D eigenvalue weighted by molar-refractivity contribution is 5.95. The molecule has 0 bridgehead atoms. The Kier molecular flexibility index (Phi) is 5.17. The van der Waals surface area contributed by atoms with Crippen LogP contribution in [0.15, 0.2) is 34.9 Å². The second-order valence-corrected chi connectivity index (χ2v) is 7.87. The molecule has 7 nitrogen and oxygen atoms in total. The van der Waals surface area contributed by atoms with Crippen LogP contribution in [0.5, 0.6) is 0 Å². The van der Waals surface area contributed by atoms with Crippen LogP contribution < -0.4 is 5.32 Å². The number of carboxylic acid groups (broad SMARTS) is 1. The van der Waals surface area contributed by atoms with Gasteiger partial charge in [0.15, 0.2) is 5.76 Å². The van der Waals surface area contributed by atoms with E-state index in [1.165, 1.54) is 12.8 Å². The first-order valence-electron chi connectivity index (χ1n) is 9.78. The maximum Gasteiger partial charge on any atom is 0.317 e. The fourth-order valence-electron chi connectivity index (χ4n) is 3.78. The molecule has 28 heavy (non-hydrogen) atoms. The van der Waals surface area contributed by atoms with Gasteiger partial charge in [0.05, 0.1) is 24.1 Å². The number of carbonyl (C=O) groups is 2. The number of furan rings is 1. The van der Waals surface area contributed by atoms with Crippen molar-refractivity contribution in [3.8, 4) is 11.5 Å². The minimum atomic E-state index is -0.786. The second kappa shape index (κ2) is 7.75. The number of nitrogens with one attached hydrogen (secondary N) is 1. The number of nitrogens with zero attached hydrogens (tertiary/aromatic N) is 2. The Bertz CT molecular complexity index is 855. The number of aromatic nitrogens is 1. The molecule has 2 saturated carbocycles. The Labute approximate surface area is 163 Å². The van der Waals surface area contributed by atoms with E-state index in [9.17, 15) is 9.59 Å². The predicted octanol–water partition coefficient (Wildman–Crippen LogP) is 2.71. The molecule has 2 aromatic heterocycles. The molecule has 0 atom stereocenters. The van der Waals surface area contributed by atoms with Gasteiger partial charge in [0, 0.05) is 18.6 Å². The third-order valence-corrected chi connectivity index (χ3v) is 5.60. The van der Waals surface area contributed by atoms with Gasteiger partial charge in [-0.2, -0.15) is 0 Å². The average molecular weight is 383 g/mol. The van der Waals surface area contributed by atoms with Gasteiger partial charge in [-0.05, 0) is 62.8 Å². The lowest BCUT2D eigenvalue weighted by atomic mass is 9.85. The third kappa shape index (κ3) is 4.25. The summed E-state index contributed by atoms with van der Waals surface area (Å²) in [4.78, 5) is 30.3. The highest BCUT2D eigenvalue weighted by Gasteiger charge is 2.37. The molecule has 2 fully saturated rings. The topological polar surface area (TPSA) is 95.7 Å². The van der Waals surface area contributed by atoms with Crippen molar-refractivity contribution in [3.63, 3.8) is 0 Å². The standard InChI is InChI=1S/C21H25N3O4/c1-13-17(6-7-18(22-13)19-3-2-8-28-19)21(27)23-15-9-16(10-15)24(12-20(25)26)11-14-4-5-14/h2-3,6-8,14-16H,4-5,9-12H2,1H3,(H,23,27)(H,25,26). The maximum absolute atomic E-state index is 12.6. The second-order valence-electron chi connectivity index (χ2n) is 7.87. The molecule has 0 unspecified atom stereocenters. The number of carbonyl (C=O) groups excluding carboxylic acids is 1. The molecule has 148 valence electrons. The van der Waals surface area contributed by atoms with Gasteiger partial charge >= 0.3 is 5.97 Å². The molecule has 2 aromatic rings. The van der Waals surface area contributed by atoms with Gasteiger partial charge in [0.1, 0.15) is 5.69 Å². The number of aliphatic carboxylic acids is 1. The Morgan fingerprint density at radius 2 is 2.07 bits per heavy atom. The SMILES string of the molecule is Cc1nc(-c2ccco2)ccc1C(=O)NC1CC(N(CC(=O)O)CC2CC2)C1. The first-order chi connectivity index (χ1) is 13.5. The number of rotatable bonds is 8. The van der Waals surface area contributed by atoms with Gasteiger partial charge in [-0.1, -0.05) is 0 Å². The summed E-state index contributed by atoms with van der Waals surface area (Å²) in [5.41, 5.74) is 1.91. The van der Waals surface area contributed by atoms with Crippen LogP contribution in [0.3, 0.4) is 0 Å². The van der Waals surface area contributed by atoms with Crippen LogP contribution in [0.25, 0.3) is 11.5 Å². The number of carboxylic acids is 1. The van der Waals surface area contributed by atoms with Crippen LogP contribution in [-0.2, 0) is 4.79 Å². The summed E-state index contributed by atoms with van der Waals surface area (Å²) in [6, 6.07) is 7.52. The van der Waals surface area contributed by atoms with Gasteiger partial charge in [0.2, 0.25) is 0 Å². The molecule has 4 rings (SSSR count). The summed E-state index contributed by atoms with van der Waals surface area (Å²) in [5, 5.41) is 12.2. The Morgan fingerprint density at radius 1 is 1.29 bits per heavy atom. The van der Waals surface area contributed by atoms with Crippen molar-refractivity contribution in [2.45, 2.75) is 44.7 Å². The molecule has 2 aliphatic carbocycles. The molecular formula is C21H25N3O4. The van der Waals surface area contributed by atoms with Crippen molar-refractivity contribution >= 4 is 11.9 Å². The smallest absolute Gasteiger partial charge is 0.317 e. The molecule has 0 aliphatic heterocycles. The summed E-state index contributed by atoms with van der Waals surface area (Å²) in [6.07, 6.45) is 5.58. The highest BCUT2D eigenvalue weighted by Crippen LogP contribution is 2.34. The van der Waals surface area contributed by atoms with Gasteiger partial charge < -0.3 is 14.8 Å². The number of pyridine rings is 1. The quantitative estimate of drug-likeness (QED) is 0.728. The molecule has 0 spiro atoms. The zero-order valence-electron chi connectivity index (χ0n) is 15.9. The fraction of sp³-hybridized carbons (Fsp3) is 0.476. The van der Waals surface area contributed by atoms with Gasteiger partial charge in [-0.15, -0.1) is 0 Å². The summed E-state index contributed by atoms with van der Waals surface area (Å²) in [7, 11) is 0. The number of hydrogen-bond acceptors (Lipinski definition) is 5. The Hall–Kier alpha value is -2.67. The van der Waals surface area contributed by atoms with Crippen LogP contribution >= 0.6 is 0 Å². The van der Waals surface area contributed by atoms with E-state index in [0.29, 0.717) is 28.6 Å². The van der Waals surface area contributed by atoms with E-state index in [2.05, 4.69) is 15.2 Å². The van der Waals surface area contributed by atoms with E-state index in [4.69, 9.17) is 9.52 Å². The van der Waals surface area contributed by atoms with Gasteiger partial charge in [0.25, 0.3) is 5.91 Å². The molecule has 1 amide bonds. The van der Waals surface area contributed by atoms with Crippen LogP contribution in [0.4, 0.5) is 0 Å². The van der Waals surface area contributed by atoms with Crippen molar-refractivity contribution in [2.24, 2.45) is 5.92 Å². The molecule has 7 heteroatoms. The molecule has 2 aliphatic rings. The van der Waals surface area contributed by atoms with Gasteiger partial charge in [-0.3, -0.25) is 14.5 Å². The number of hydrogen-bond donors (Lipinski definition) is 2. The van der Waals surface area contributed by atoms with Crippen molar-refractivity contribution in [1.82, 2.24) is 15.2 Å². The molecule has 2 heterocycles. The van der Waals surface area contributed by atoms with Crippen LogP contribution in [-0.4, -0.2) is 52.0 Å². The Morgan fingerprint density at radius 3 is 2.68 bits per heavy atom. The monoisotopic (exact) mass is 383 g/mol. The van der Waals surface area contributed by atoms with Crippen LogP contribution in [0.2, 0.25) is 0 Å². The minimum absolute atomic E-state index is 0.0807. The van der Waals surface area contributed by atoms with Gasteiger partial charge in [-0.25, -0.2) is 4.98 Å². The normalized spacial score (nSPS) is 21.4. The number of amides is 1. The first-order valence-corrected chi connectivity index (χ1v) is 9.78. The molecule has 0 saturated heterocycles.